The maximum Gasteiger partial charge on any atom is 0.261 e. The first-order valence-corrected chi connectivity index (χ1v) is 10.1. The van der Waals surface area contributed by atoms with Crippen LogP contribution in [0.1, 0.15) is 16.6 Å². The van der Waals surface area contributed by atoms with Gasteiger partial charge in [-0.2, -0.15) is 0 Å². The quantitative estimate of drug-likeness (QED) is 0.716. The second-order valence-corrected chi connectivity index (χ2v) is 7.71. The summed E-state index contributed by atoms with van der Waals surface area (Å²) in [7, 11) is 0. The second kappa shape index (κ2) is 7.75. The van der Waals surface area contributed by atoms with Crippen LogP contribution in [0.15, 0.2) is 35.1 Å². The summed E-state index contributed by atoms with van der Waals surface area (Å²) in [4.78, 5) is 35.2. The van der Waals surface area contributed by atoms with Crippen molar-refractivity contribution in [2.75, 3.05) is 45.8 Å². The van der Waals surface area contributed by atoms with Crippen LogP contribution < -0.4 is 10.9 Å². The number of nitrogens with one attached hydrogen (secondary N) is 1. The van der Waals surface area contributed by atoms with Crippen LogP contribution >= 0.6 is 11.3 Å². The number of imidazole rings is 1. The average molecular weight is 385 g/mol. The van der Waals surface area contributed by atoms with Crippen molar-refractivity contribution in [2.45, 2.75) is 6.92 Å². The molecular formula is C19H23N5O2S. The molecule has 0 radical (unpaired) electrons. The van der Waals surface area contributed by atoms with Gasteiger partial charge in [0.05, 0.1) is 11.0 Å². The van der Waals surface area contributed by atoms with E-state index in [0.29, 0.717) is 16.4 Å². The van der Waals surface area contributed by atoms with Gasteiger partial charge in [-0.3, -0.25) is 18.9 Å². The van der Waals surface area contributed by atoms with Crippen LogP contribution in [0.4, 0.5) is 0 Å². The van der Waals surface area contributed by atoms with Gasteiger partial charge in [0.25, 0.3) is 11.5 Å². The van der Waals surface area contributed by atoms with Gasteiger partial charge in [0.2, 0.25) is 0 Å². The first-order valence-electron chi connectivity index (χ1n) is 9.30. The molecule has 0 atom stereocenters. The number of para-hydroxylation sites is 2. The summed E-state index contributed by atoms with van der Waals surface area (Å²) in [5.74, 6) is -0.209. The van der Waals surface area contributed by atoms with E-state index in [4.69, 9.17) is 0 Å². The Morgan fingerprint density at radius 1 is 1.19 bits per heavy atom. The number of piperazine rings is 1. The molecule has 3 heterocycles. The molecule has 0 saturated carbocycles. The van der Waals surface area contributed by atoms with Crippen LogP contribution in [-0.2, 0) is 0 Å². The first-order chi connectivity index (χ1) is 13.2. The van der Waals surface area contributed by atoms with Gasteiger partial charge in [0.1, 0.15) is 4.88 Å². The highest BCUT2D eigenvalue weighted by molar-refractivity contribution is 7.18. The topological polar surface area (TPSA) is 70.0 Å². The third-order valence-corrected chi connectivity index (χ3v) is 6.04. The summed E-state index contributed by atoms with van der Waals surface area (Å²) in [6.45, 7) is 8.90. The van der Waals surface area contributed by atoms with Crippen molar-refractivity contribution in [3.8, 4) is 0 Å². The minimum absolute atomic E-state index is 0.209. The van der Waals surface area contributed by atoms with Gasteiger partial charge in [-0.1, -0.05) is 30.4 Å². The maximum atomic E-state index is 12.5. The van der Waals surface area contributed by atoms with Crippen molar-refractivity contribution in [3.05, 3.63) is 45.6 Å². The minimum atomic E-state index is -0.224. The van der Waals surface area contributed by atoms with E-state index in [9.17, 15) is 9.59 Å². The predicted octanol–water partition coefficient (Wildman–Crippen LogP) is 1.28. The predicted molar refractivity (Wildman–Crippen MR) is 108 cm³/mol. The molecule has 0 aliphatic carbocycles. The summed E-state index contributed by atoms with van der Waals surface area (Å²) < 4.78 is 1.56. The molecular weight excluding hydrogens is 362 g/mol. The molecule has 1 amide bonds. The Balaban J connectivity index is 1.42. The Bertz CT molecular complexity index is 1020. The number of aromatic nitrogens is 2. The number of carbonyl (C=O) groups excluding carboxylic acids is 1. The van der Waals surface area contributed by atoms with Gasteiger partial charge >= 0.3 is 0 Å². The molecule has 0 unspecified atom stereocenters. The van der Waals surface area contributed by atoms with Crippen LogP contribution in [0.3, 0.4) is 0 Å². The van der Waals surface area contributed by atoms with Crippen molar-refractivity contribution in [1.82, 2.24) is 24.5 Å². The zero-order valence-electron chi connectivity index (χ0n) is 15.4. The lowest BCUT2D eigenvalue weighted by Crippen LogP contribution is -2.48. The van der Waals surface area contributed by atoms with Crippen LogP contribution in [-0.4, -0.2) is 70.9 Å². The minimum Gasteiger partial charge on any atom is -0.350 e. The number of hydrogen-bond acceptors (Lipinski definition) is 6. The molecule has 0 bridgehead atoms. The molecule has 2 aromatic heterocycles. The van der Waals surface area contributed by atoms with Crippen LogP contribution in [0.2, 0.25) is 0 Å². The number of carbonyl (C=O) groups is 1. The van der Waals surface area contributed by atoms with E-state index < -0.39 is 0 Å². The molecule has 8 heteroatoms. The van der Waals surface area contributed by atoms with Gasteiger partial charge in [-0.05, 0) is 18.7 Å². The molecule has 1 fully saturated rings. The summed E-state index contributed by atoms with van der Waals surface area (Å²) in [5.41, 5.74) is 1.31. The van der Waals surface area contributed by atoms with E-state index in [1.54, 1.807) is 4.40 Å². The molecule has 27 heavy (non-hydrogen) atoms. The number of hydrogen-bond donors (Lipinski definition) is 1. The summed E-state index contributed by atoms with van der Waals surface area (Å²) in [5, 5.41) is 2.94. The van der Waals surface area contributed by atoms with E-state index in [1.807, 2.05) is 24.3 Å². The fourth-order valence-corrected chi connectivity index (χ4v) is 4.39. The third-order valence-electron chi connectivity index (χ3n) is 5.06. The lowest BCUT2D eigenvalue weighted by Gasteiger charge is -2.33. The summed E-state index contributed by atoms with van der Waals surface area (Å²) >= 11 is 1.24. The largest absolute Gasteiger partial charge is 0.350 e. The molecule has 1 saturated heterocycles. The SMILES string of the molecule is CCN1CCN(CCNC(=O)c2cc(=O)n3c(nc4ccccc43)s2)CC1. The normalized spacial score (nSPS) is 16.2. The molecule has 1 aliphatic rings. The van der Waals surface area contributed by atoms with Crippen molar-refractivity contribution < 1.29 is 4.79 Å². The monoisotopic (exact) mass is 385 g/mol. The van der Waals surface area contributed by atoms with E-state index in [1.165, 1.54) is 17.4 Å². The Labute approximate surface area is 161 Å². The van der Waals surface area contributed by atoms with Gasteiger partial charge in [-0.15, -0.1) is 0 Å². The smallest absolute Gasteiger partial charge is 0.261 e. The van der Waals surface area contributed by atoms with Crippen molar-refractivity contribution in [2.24, 2.45) is 0 Å². The van der Waals surface area contributed by atoms with Gasteiger partial charge in [0.15, 0.2) is 4.96 Å². The zero-order valence-corrected chi connectivity index (χ0v) is 16.2. The Hall–Kier alpha value is -2.29. The summed E-state index contributed by atoms with van der Waals surface area (Å²) in [6.07, 6.45) is 0. The number of amides is 1. The highest BCUT2D eigenvalue weighted by Crippen LogP contribution is 2.19. The summed E-state index contributed by atoms with van der Waals surface area (Å²) in [6, 6.07) is 8.90. The standard InChI is InChI=1S/C19H23N5O2S/c1-2-22-9-11-23(12-10-22)8-7-20-18(26)16-13-17(25)24-15-6-4-3-5-14(15)21-19(24)27-16/h3-6,13H,2,7-12H2,1H3,(H,20,26). The number of rotatable bonds is 5. The van der Waals surface area contributed by atoms with E-state index in [0.717, 1.165) is 50.3 Å². The fraction of sp³-hybridized carbons (Fsp3) is 0.421. The van der Waals surface area contributed by atoms with Crippen molar-refractivity contribution in [3.63, 3.8) is 0 Å². The van der Waals surface area contributed by atoms with Crippen LogP contribution in [0, 0.1) is 0 Å². The third kappa shape index (κ3) is 3.73. The number of fused-ring (bicyclic) bond motifs is 3. The zero-order chi connectivity index (χ0) is 18.8. The lowest BCUT2D eigenvalue weighted by atomic mass is 10.3. The lowest BCUT2D eigenvalue weighted by molar-refractivity contribution is 0.0941. The molecule has 3 aromatic rings. The molecule has 1 aromatic carbocycles. The molecule has 1 N–H and O–H groups in total. The highest BCUT2D eigenvalue weighted by Gasteiger charge is 2.16. The van der Waals surface area contributed by atoms with Crippen LogP contribution in [0.25, 0.3) is 16.0 Å². The Kier molecular flexibility index (Phi) is 5.20. The fourth-order valence-electron chi connectivity index (χ4n) is 3.45. The highest BCUT2D eigenvalue weighted by atomic mass is 32.1. The van der Waals surface area contributed by atoms with E-state index in [-0.39, 0.29) is 11.5 Å². The van der Waals surface area contributed by atoms with Crippen molar-refractivity contribution >= 4 is 33.2 Å². The maximum absolute atomic E-state index is 12.5. The van der Waals surface area contributed by atoms with Gasteiger partial charge in [-0.25, -0.2) is 4.98 Å². The van der Waals surface area contributed by atoms with Gasteiger partial charge in [0, 0.05) is 45.3 Å². The molecule has 1 aliphatic heterocycles. The first kappa shape index (κ1) is 18.1. The molecule has 142 valence electrons. The average Bonchev–Trinajstić information content (AvgIpc) is 3.07. The van der Waals surface area contributed by atoms with E-state index >= 15 is 0 Å². The van der Waals surface area contributed by atoms with Gasteiger partial charge < -0.3 is 10.2 Å². The molecule has 7 nitrogen and oxygen atoms in total. The molecule has 4 rings (SSSR count). The Morgan fingerprint density at radius 3 is 2.70 bits per heavy atom. The molecule has 0 spiro atoms. The van der Waals surface area contributed by atoms with Crippen LogP contribution in [0.5, 0.6) is 0 Å². The number of benzene rings is 1. The number of nitrogens with zero attached hydrogens (tertiary/aromatic N) is 4. The number of likely N-dealkylation sites (N-methyl/N-ethyl adjacent to an activating group) is 1. The van der Waals surface area contributed by atoms with Crippen molar-refractivity contribution in [1.29, 1.82) is 0 Å². The Morgan fingerprint density at radius 2 is 1.93 bits per heavy atom. The van der Waals surface area contributed by atoms with E-state index in [2.05, 4.69) is 27.0 Å². The second-order valence-electron chi connectivity index (χ2n) is 6.70.